The topological polar surface area (TPSA) is 70.1 Å². The van der Waals surface area contributed by atoms with Gasteiger partial charge in [0.2, 0.25) is 0 Å². The summed E-state index contributed by atoms with van der Waals surface area (Å²) in [6, 6.07) is 13.8. The van der Waals surface area contributed by atoms with E-state index in [0.717, 1.165) is 21.8 Å². The zero-order valence-electron chi connectivity index (χ0n) is 13.8. The van der Waals surface area contributed by atoms with E-state index in [2.05, 4.69) is 20.7 Å². The first-order chi connectivity index (χ1) is 11.5. The minimum absolute atomic E-state index is 0.316. The quantitative estimate of drug-likeness (QED) is 0.559. The van der Waals surface area contributed by atoms with Crippen molar-refractivity contribution in [2.24, 2.45) is 5.10 Å². The summed E-state index contributed by atoms with van der Waals surface area (Å²) in [5, 5.41) is 11.1. The maximum Gasteiger partial charge on any atom is 0.291 e. The van der Waals surface area contributed by atoms with Gasteiger partial charge in [0.25, 0.3) is 5.91 Å². The van der Waals surface area contributed by atoms with Crippen LogP contribution in [0.1, 0.15) is 33.4 Å². The van der Waals surface area contributed by atoms with Crippen LogP contribution in [0, 0.1) is 13.8 Å². The van der Waals surface area contributed by atoms with Crippen LogP contribution in [0.2, 0.25) is 0 Å². The van der Waals surface area contributed by atoms with Crippen LogP contribution in [0.25, 0.3) is 10.6 Å². The lowest BCUT2D eigenvalue weighted by Crippen LogP contribution is -2.19. The molecule has 3 rings (SSSR count). The number of nitrogens with one attached hydrogen (secondary N) is 2. The number of thiophene rings is 1. The molecule has 6 heteroatoms. The Morgan fingerprint density at radius 1 is 1.17 bits per heavy atom. The summed E-state index contributed by atoms with van der Waals surface area (Å²) in [4.78, 5) is 14.5. The molecular weight excluding hydrogens is 320 g/mol. The SMILES string of the molecule is CC(=NNC(=O)c1cc(-c2ccc(C)s2)[nH]n1)c1ccc(C)cc1. The molecule has 0 aliphatic heterocycles. The van der Waals surface area contributed by atoms with Gasteiger partial charge in [0.1, 0.15) is 0 Å². The highest BCUT2D eigenvalue weighted by Gasteiger charge is 2.12. The average Bonchev–Trinajstić information content (AvgIpc) is 3.22. The lowest BCUT2D eigenvalue weighted by Gasteiger charge is -2.02. The van der Waals surface area contributed by atoms with Crippen LogP contribution in [0.5, 0.6) is 0 Å². The molecule has 1 aromatic carbocycles. The van der Waals surface area contributed by atoms with Crippen LogP contribution in [-0.4, -0.2) is 21.8 Å². The molecule has 0 unspecified atom stereocenters. The molecule has 5 nitrogen and oxygen atoms in total. The molecule has 0 aliphatic carbocycles. The number of carbonyl (C=O) groups is 1. The predicted molar refractivity (Wildman–Crippen MR) is 97.5 cm³/mol. The molecule has 2 N–H and O–H groups in total. The summed E-state index contributed by atoms with van der Waals surface area (Å²) in [5.74, 6) is -0.336. The Labute approximate surface area is 144 Å². The second-order valence-electron chi connectivity index (χ2n) is 5.58. The number of hydrogen-bond donors (Lipinski definition) is 2. The first kappa shape index (κ1) is 16.1. The number of amides is 1. The van der Waals surface area contributed by atoms with Crippen LogP contribution >= 0.6 is 11.3 Å². The van der Waals surface area contributed by atoms with E-state index in [-0.39, 0.29) is 5.91 Å². The molecule has 0 saturated carbocycles. The fourth-order valence-electron chi connectivity index (χ4n) is 2.19. The average molecular weight is 338 g/mol. The zero-order valence-corrected chi connectivity index (χ0v) is 14.6. The summed E-state index contributed by atoms with van der Waals surface area (Å²) in [7, 11) is 0. The van der Waals surface area contributed by atoms with E-state index in [0.29, 0.717) is 5.69 Å². The molecule has 122 valence electrons. The number of carbonyl (C=O) groups excluding carboxylic acids is 1. The van der Waals surface area contributed by atoms with E-state index in [1.807, 2.05) is 57.2 Å². The number of H-pyrrole nitrogens is 1. The number of aromatic nitrogens is 2. The normalized spacial score (nSPS) is 11.5. The molecule has 0 aliphatic rings. The molecule has 1 amide bonds. The van der Waals surface area contributed by atoms with Crippen molar-refractivity contribution in [1.29, 1.82) is 0 Å². The Bertz CT molecular complexity index is 890. The number of rotatable bonds is 4. The number of aromatic amines is 1. The van der Waals surface area contributed by atoms with Crippen molar-refractivity contribution in [3.8, 4) is 10.6 Å². The van der Waals surface area contributed by atoms with Crippen molar-refractivity contribution in [1.82, 2.24) is 15.6 Å². The van der Waals surface area contributed by atoms with Gasteiger partial charge in [-0.15, -0.1) is 11.3 Å². The molecule has 0 saturated heterocycles. The lowest BCUT2D eigenvalue weighted by atomic mass is 10.1. The van der Waals surface area contributed by atoms with Gasteiger partial charge in [-0.25, -0.2) is 5.43 Å². The van der Waals surface area contributed by atoms with Crippen molar-refractivity contribution in [2.45, 2.75) is 20.8 Å². The van der Waals surface area contributed by atoms with Crippen molar-refractivity contribution >= 4 is 23.0 Å². The number of hydrogen-bond acceptors (Lipinski definition) is 4. The highest BCUT2D eigenvalue weighted by atomic mass is 32.1. The van der Waals surface area contributed by atoms with Gasteiger partial charge in [0, 0.05) is 4.88 Å². The molecule has 3 aromatic rings. The molecule has 2 aromatic heterocycles. The third-order valence-electron chi connectivity index (χ3n) is 3.61. The van der Waals surface area contributed by atoms with Crippen LogP contribution in [-0.2, 0) is 0 Å². The second kappa shape index (κ2) is 6.80. The maximum absolute atomic E-state index is 12.2. The van der Waals surface area contributed by atoms with E-state index >= 15 is 0 Å². The molecule has 0 fully saturated rings. The molecule has 2 heterocycles. The number of aryl methyl sites for hydroxylation is 2. The van der Waals surface area contributed by atoms with Crippen LogP contribution < -0.4 is 5.43 Å². The standard InChI is InChI=1S/C18H18N4OS/c1-11-4-7-14(8-5-11)13(3)19-22-18(23)16-10-15(20-21-16)17-9-6-12(2)24-17/h4-10H,1-3H3,(H,20,21)(H,22,23). The van der Waals surface area contributed by atoms with Gasteiger partial charge in [0.05, 0.1) is 16.3 Å². The number of hydrazone groups is 1. The number of benzene rings is 1. The summed E-state index contributed by atoms with van der Waals surface area (Å²) in [5.41, 5.74) is 6.60. The predicted octanol–water partition coefficient (Wildman–Crippen LogP) is 3.91. The lowest BCUT2D eigenvalue weighted by molar-refractivity contribution is 0.0950. The van der Waals surface area contributed by atoms with E-state index in [1.165, 1.54) is 10.4 Å². The smallest absolute Gasteiger partial charge is 0.276 e. The van der Waals surface area contributed by atoms with Crippen molar-refractivity contribution in [3.63, 3.8) is 0 Å². The Hall–Kier alpha value is -2.73. The number of nitrogens with zero attached hydrogens (tertiary/aromatic N) is 2. The second-order valence-corrected chi connectivity index (χ2v) is 6.87. The summed E-state index contributed by atoms with van der Waals surface area (Å²) < 4.78 is 0. The fraction of sp³-hybridized carbons (Fsp3) is 0.167. The Balaban J connectivity index is 1.70. The zero-order chi connectivity index (χ0) is 17.1. The van der Waals surface area contributed by atoms with Crippen LogP contribution in [0.4, 0.5) is 0 Å². The Morgan fingerprint density at radius 2 is 1.92 bits per heavy atom. The first-order valence-corrected chi connectivity index (χ1v) is 8.38. The van der Waals surface area contributed by atoms with Crippen molar-refractivity contribution in [3.05, 3.63) is 64.2 Å². The van der Waals surface area contributed by atoms with Gasteiger partial charge in [-0.2, -0.15) is 10.2 Å². The third-order valence-corrected chi connectivity index (χ3v) is 4.64. The van der Waals surface area contributed by atoms with Crippen molar-refractivity contribution < 1.29 is 4.79 Å². The van der Waals surface area contributed by atoms with Crippen LogP contribution in [0.15, 0.2) is 47.6 Å². The summed E-state index contributed by atoms with van der Waals surface area (Å²) in [6.07, 6.45) is 0. The van der Waals surface area contributed by atoms with E-state index in [4.69, 9.17) is 0 Å². The minimum atomic E-state index is -0.336. The fourth-order valence-corrected chi connectivity index (χ4v) is 3.03. The molecule has 24 heavy (non-hydrogen) atoms. The van der Waals surface area contributed by atoms with Gasteiger partial charge in [-0.3, -0.25) is 9.89 Å². The minimum Gasteiger partial charge on any atom is -0.276 e. The molecule has 0 bridgehead atoms. The maximum atomic E-state index is 12.2. The molecular formula is C18H18N4OS. The van der Waals surface area contributed by atoms with Crippen molar-refractivity contribution in [2.75, 3.05) is 0 Å². The largest absolute Gasteiger partial charge is 0.291 e. The van der Waals surface area contributed by atoms with E-state index in [9.17, 15) is 4.79 Å². The summed E-state index contributed by atoms with van der Waals surface area (Å²) in [6.45, 7) is 5.93. The highest BCUT2D eigenvalue weighted by Crippen LogP contribution is 2.26. The Kier molecular flexibility index (Phi) is 4.57. The van der Waals surface area contributed by atoms with Crippen LogP contribution in [0.3, 0.4) is 0 Å². The molecule has 0 atom stereocenters. The van der Waals surface area contributed by atoms with Gasteiger partial charge < -0.3 is 0 Å². The summed E-state index contributed by atoms with van der Waals surface area (Å²) >= 11 is 1.65. The molecule has 0 radical (unpaired) electrons. The van der Waals surface area contributed by atoms with Gasteiger partial charge >= 0.3 is 0 Å². The van der Waals surface area contributed by atoms with Gasteiger partial charge in [-0.1, -0.05) is 29.8 Å². The van der Waals surface area contributed by atoms with E-state index < -0.39 is 0 Å². The van der Waals surface area contributed by atoms with E-state index in [1.54, 1.807) is 17.4 Å². The third kappa shape index (κ3) is 3.60. The monoisotopic (exact) mass is 338 g/mol. The first-order valence-electron chi connectivity index (χ1n) is 7.57. The Morgan fingerprint density at radius 3 is 2.58 bits per heavy atom. The molecule has 0 spiro atoms. The van der Waals surface area contributed by atoms with Gasteiger partial charge in [-0.05, 0) is 44.5 Å². The highest BCUT2D eigenvalue weighted by molar-refractivity contribution is 7.15. The van der Waals surface area contributed by atoms with Gasteiger partial charge in [0.15, 0.2) is 5.69 Å².